The lowest BCUT2D eigenvalue weighted by molar-refractivity contribution is -0.113. The number of para-hydroxylation sites is 2. The van der Waals surface area contributed by atoms with E-state index in [4.69, 9.17) is 4.74 Å². The first-order chi connectivity index (χ1) is 16.4. The molecule has 0 saturated carbocycles. The molecule has 0 bridgehead atoms. The molecule has 1 heterocycles. The number of methoxy groups -OCH3 is 1. The Bertz CT molecular complexity index is 1390. The van der Waals surface area contributed by atoms with Gasteiger partial charge >= 0.3 is 5.97 Å². The molecule has 172 valence electrons. The molecule has 34 heavy (non-hydrogen) atoms. The number of fused-ring (bicyclic) bond motifs is 1. The number of hydrogen-bond acceptors (Lipinski definition) is 7. The number of anilines is 2. The largest absolute Gasteiger partial charge is 0.495 e. The average Bonchev–Trinajstić information content (AvgIpc) is 3.25. The topological polar surface area (TPSA) is 118 Å². The lowest BCUT2D eigenvalue weighted by atomic mass is 10.1. The van der Waals surface area contributed by atoms with E-state index in [0.29, 0.717) is 21.5 Å². The SMILES string of the molecule is COc1ccccc1NC(=O)CSc1nc2ccc(NC(=O)c3ccccc3C(=O)O)cc2s1. The molecular weight excluding hydrogens is 474 g/mol. The molecule has 8 nitrogen and oxygen atoms in total. The van der Waals surface area contributed by atoms with E-state index in [1.165, 1.54) is 35.2 Å². The van der Waals surface area contributed by atoms with Gasteiger partial charge in [0.25, 0.3) is 5.91 Å². The van der Waals surface area contributed by atoms with Crippen LogP contribution in [0, 0.1) is 0 Å². The Morgan fingerprint density at radius 2 is 1.74 bits per heavy atom. The van der Waals surface area contributed by atoms with Gasteiger partial charge in [-0.1, -0.05) is 36.0 Å². The molecule has 0 aliphatic carbocycles. The number of aromatic nitrogens is 1. The molecule has 2 amide bonds. The third-order valence-electron chi connectivity index (χ3n) is 4.74. The maximum absolute atomic E-state index is 12.6. The van der Waals surface area contributed by atoms with Gasteiger partial charge in [0.15, 0.2) is 4.34 Å². The lowest BCUT2D eigenvalue weighted by Gasteiger charge is -2.09. The van der Waals surface area contributed by atoms with Crippen molar-refractivity contribution in [1.29, 1.82) is 0 Å². The van der Waals surface area contributed by atoms with Crippen LogP contribution in [0.15, 0.2) is 71.1 Å². The Labute approximate surface area is 203 Å². The van der Waals surface area contributed by atoms with Gasteiger partial charge in [-0.05, 0) is 42.5 Å². The van der Waals surface area contributed by atoms with Crippen molar-refractivity contribution < 1.29 is 24.2 Å². The predicted molar refractivity (Wildman–Crippen MR) is 133 cm³/mol. The number of carbonyl (C=O) groups excluding carboxylic acids is 2. The van der Waals surface area contributed by atoms with Crippen LogP contribution in [0.1, 0.15) is 20.7 Å². The number of nitrogens with zero attached hydrogens (tertiary/aromatic N) is 1. The Kier molecular flexibility index (Phi) is 7.09. The van der Waals surface area contributed by atoms with Gasteiger partial charge in [-0.2, -0.15) is 0 Å². The van der Waals surface area contributed by atoms with E-state index in [1.807, 2.05) is 12.1 Å². The molecule has 0 unspecified atom stereocenters. The summed E-state index contributed by atoms with van der Waals surface area (Å²) in [7, 11) is 1.54. The van der Waals surface area contributed by atoms with E-state index in [9.17, 15) is 19.5 Å². The molecule has 0 saturated heterocycles. The Morgan fingerprint density at radius 3 is 2.50 bits per heavy atom. The summed E-state index contributed by atoms with van der Waals surface area (Å²) >= 11 is 2.71. The molecule has 1 aromatic heterocycles. The molecule has 3 N–H and O–H groups in total. The van der Waals surface area contributed by atoms with Crippen LogP contribution in [0.25, 0.3) is 10.2 Å². The van der Waals surface area contributed by atoms with E-state index in [-0.39, 0.29) is 22.8 Å². The Morgan fingerprint density at radius 1 is 1.00 bits per heavy atom. The molecule has 0 aliphatic rings. The monoisotopic (exact) mass is 493 g/mol. The van der Waals surface area contributed by atoms with Gasteiger partial charge in [0.1, 0.15) is 5.75 Å². The number of hydrogen-bond donors (Lipinski definition) is 3. The number of carboxylic acid groups (broad SMARTS) is 1. The number of benzene rings is 3. The van der Waals surface area contributed by atoms with Gasteiger partial charge in [-0.25, -0.2) is 9.78 Å². The molecule has 0 spiro atoms. The molecule has 0 aliphatic heterocycles. The van der Waals surface area contributed by atoms with Gasteiger partial charge in [0, 0.05) is 5.69 Å². The first-order valence-corrected chi connectivity index (χ1v) is 11.8. The minimum Gasteiger partial charge on any atom is -0.495 e. The van der Waals surface area contributed by atoms with E-state index >= 15 is 0 Å². The summed E-state index contributed by atoms with van der Waals surface area (Å²) in [6, 6.07) is 18.5. The number of rotatable bonds is 8. The number of thioether (sulfide) groups is 1. The zero-order valence-electron chi connectivity index (χ0n) is 17.9. The van der Waals surface area contributed by atoms with Crippen LogP contribution < -0.4 is 15.4 Å². The number of nitrogens with one attached hydrogen (secondary N) is 2. The second-order valence-electron chi connectivity index (χ2n) is 7.00. The van der Waals surface area contributed by atoms with Crippen LogP contribution in [0.2, 0.25) is 0 Å². The highest BCUT2D eigenvalue weighted by atomic mass is 32.2. The zero-order chi connectivity index (χ0) is 24.1. The number of amides is 2. The van der Waals surface area contributed by atoms with Crippen LogP contribution in [-0.4, -0.2) is 40.7 Å². The summed E-state index contributed by atoms with van der Waals surface area (Å²) in [6.45, 7) is 0. The minimum absolute atomic E-state index is 0.0658. The van der Waals surface area contributed by atoms with E-state index in [2.05, 4.69) is 15.6 Å². The maximum atomic E-state index is 12.6. The standard InChI is InChI=1S/C24H19N3O5S2/c1-32-19-9-5-4-8-17(19)26-21(28)13-33-24-27-18-11-10-14(12-20(18)34-24)25-22(29)15-6-2-3-7-16(15)23(30)31/h2-12H,13H2,1H3,(H,25,29)(H,26,28)(H,30,31). The quantitative estimate of drug-likeness (QED) is 0.296. The highest BCUT2D eigenvalue weighted by Gasteiger charge is 2.16. The summed E-state index contributed by atoms with van der Waals surface area (Å²) in [5, 5.41) is 14.9. The smallest absolute Gasteiger partial charge is 0.336 e. The van der Waals surface area contributed by atoms with E-state index < -0.39 is 11.9 Å². The summed E-state index contributed by atoms with van der Waals surface area (Å²) in [5.41, 5.74) is 1.87. The molecule has 10 heteroatoms. The molecule has 4 aromatic rings. The van der Waals surface area contributed by atoms with Gasteiger partial charge in [0.05, 0.1) is 39.9 Å². The molecule has 0 radical (unpaired) electrons. The van der Waals surface area contributed by atoms with Gasteiger partial charge in [-0.3, -0.25) is 9.59 Å². The first-order valence-electron chi connectivity index (χ1n) is 10.0. The van der Waals surface area contributed by atoms with Crippen molar-refractivity contribution in [2.45, 2.75) is 4.34 Å². The van der Waals surface area contributed by atoms with Crippen molar-refractivity contribution >= 4 is 62.5 Å². The van der Waals surface area contributed by atoms with Gasteiger partial charge in [0.2, 0.25) is 5.91 Å². The van der Waals surface area contributed by atoms with Crippen molar-refractivity contribution in [3.05, 3.63) is 77.9 Å². The Balaban J connectivity index is 1.42. The zero-order valence-corrected chi connectivity index (χ0v) is 19.5. The van der Waals surface area contributed by atoms with Crippen molar-refractivity contribution in [1.82, 2.24) is 4.98 Å². The van der Waals surface area contributed by atoms with Gasteiger partial charge in [-0.15, -0.1) is 11.3 Å². The van der Waals surface area contributed by atoms with E-state index in [0.717, 1.165) is 10.2 Å². The number of aromatic carboxylic acids is 1. The second-order valence-corrected chi connectivity index (χ2v) is 9.26. The fourth-order valence-corrected chi connectivity index (χ4v) is 5.08. The summed E-state index contributed by atoms with van der Waals surface area (Å²) < 4.78 is 6.79. The lowest BCUT2D eigenvalue weighted by Crippen LogP contribution is -2.16. The minimum atomic E-state index is -1.17. The van der Waals surface area contributed by atoms with Crippen LogP contribution in [0.5, 0.6) is 5.75 Å². The summed E-state index contributed by atoms with van der Waals surface area (Å²) in [5.74, 6) is -1.10. The van der Waals surface area contributed by atoms with Crippen LogP contribution >= 0.6 is 23.1 Å². The molecule has 0 atom stereocenters. The fraction of sp³-hybridized carbons (Fsp3) is 0.0833. The first kappa shape index (κ1) is 23.3. The summed E-state index contributed by atoms with van der Waals surface area (Å²) in [6.07, 6.45) is 0. The maximum Gasteiger partial charge on any atom is 0.336 e. The highest BCUT2D eigenvalue weighted by Crippen LogP contribution is 2.32. The second kappa shape index (κ2) is 10.4. The number of carbonyl (C=O) groups is 3. The van der Waals surface area contributed by atoms with Crippen LogP contribution in [0.4, 0.5) is 11.4 Å². The van der Waals surface area contributed by atoms with Crippen LogP contribution in [0.3, 0.4) is 0 Å². The highest BCUT2D eigenvalue weighted by molar-refractivity contribution is 8.01. The van der Waals surface area contributed by atoms with Crippen molar-refractivity contribution in [3.63, 3.8) is 0 Å². The van der Waals surface area contributed by atoms with Crippen molar-refractivity contribution in [2.75, 3.05) is 23.5 Å². The third-order valence-corrected chi connectivity index (χ3v) is 6.90. The normalized spacial score (nSPS) is 10.6. The number of carboxylic acids is 1. The number of thiazole rings is 1. The number of ether oxygens (including phenoxy) is 1. The van der Waals surface area contributed by atoms with Gasteiger partial charge < -0.3 is 20.5 Å². The fourth-order valence-electron chi connectivity index (χ4n) is 3.17. The average molecular weight is 494 g/mol. The van der Waals surface area contributed by atoms with E-state index in [1.54, 1.807) is 49.6 Å². The molecule has 0 fully saturated rings. The van der Waals surface area contributed by atoms with Crippen molar-refractivity contribution in [3.8, 4) is 5.75 Å². The van der Waals surface area contributed by atoms with Crippen molar-refractivity contribution in [2.24, 2.45) is 0 Å². The summed E-state index contributed by atoms with van der Waals surface area (Å²) in [4.78, 5) is 40.9. The predicted octanol–water partition coefficient (Wildman–Crippen LogP) is 4.99. The van der Waals surface area contributed by atoms with Crippen LogP contribution in [-0.2, 0) is 4.79 Å². The molecule has 3 aromatic carbocycles. The Hall–Kier alpha value is -3.89. The molecule has 4 rings (SSSR count). The molecular formula is C24H19N3O5S2. The third kappa shape index (κ3) is 5.36.